The fourth-order valence-corrected chi connectivity index (χ4v) is 15.9. The van der Waals surface area contributed by atoms with E-state index >= 15 is 0 Å². The highest BCUT2D eigenvalue weighted by Crippen LogP contribution is 2.45. The number of H-pyrrole nitrogens is 2. The summed E-state index contributed by atoms with van der Waals surface area (Å²) in [5, 5.41) is 4.88. The van der Waals surface area contributed by atoms with Gasteiger partial charge in [0, 0.05) is 43.8 Å². The van der Waals surface area contributed by atoms with Gasteiger partial charge in [0.2, 0.25) is 0 Å². The molecular formula is C88H130N8. The van der Waals surface area contributed by atoms with Crippen LogP contribution in [0.5, 0.6) is 0 Å². The average molecular weight is 1300 g/mol. The molecule has 0 unspecified atom stereocenters. The molecule has 5 heterocycles. The first-order valence-electron chi connectivity index (χ1n) is 40.8. The predicted molar refractivity (Wildman–Crippen MR) is 416 cm³/mol. The third-order valence-corrected chi connectivity index (χ3v) is 21.5. The van der Waals surface area contributed by atoms with E-state index in [9.17, 15) is 0 Å². The first kappa shape index (κ1) is 74.5. The van der Waals surface area contributed by atoms with Crippen LogP contribution in [-0.2, 0) is 51.4 Å². The number of aromatic nitrogens is 8. The third-order valence-electron chi connectivity index (χ3n) is 21.5. The van der Waals surface area contributed by atoms with Crippen molar-refractivity contribution >= 4 is 44.1 Å². The summed E-state index contributed by atoms with van der Waals surface area (Å²) >= 11 is 0. The van der Waals surface area contributed by atoms with E-state index in [0.717, 1.165) is 149 Å². The second-order valence-electron chi connectivity index (χ2n) is 29.5. The summed E-state index contributed by atoms with van der Waals surface area (Å²) in [6, 6.07) is 19.8. The Morgan fingerprint density at radius 1 is 0.188 bits per heavy atom. The molecule has 0 saturated carbocycles. The number of hydrogen-bond acceptors (Lipinski definition) is 6. The van der Waals surface area contributed by atoms with Gasteiger partial charge >= 0.3 is 0 Å². The lowest BCUT2D eigenvalue weighted by atomic mass is 9.91. The van der Waals surface area contributed by atoms with Gasteiger partial charge in [0.25, 0.3) is 0 Å². The quantitative estimate of drug-likeness (QED) is 0.0368. The number of nitrogens with one attached hydrogen (secondary N) is 2. The van der Waals surface area contributed by atoms with Gasteiger partial charge in [-0.1, -0.05) is 309 Å². The standard InChI is InChI=1S/C88H130N8/c1-9-17-25-33-41-49-65-57-58-66(50-42-34-26-18-10-2)74-73(65)81-89-82(74)94-84-77-69(53-45-37-29-21-13-5)61-62-70(54-46-38-30-22-14-6)78(77)86(91-84)96-88-80-72(56-48-40-32-24-16-8)64-63-71(55-47-39-31-23-15-7)79(80)87(92-88)95-85-76-68(52-44-36-28-20-12-4)60-59-67(51-43-35-27-19-11-3)75(76)83(90-85)93-81/h57-64H,9-56H2,1-8H3,(H2,89,90,91,92,93,94,95,96). The monoisotopic (exact) mass is 1300 g/mol. The van der Waals surface area contributed by atoms with E-state index in [4.69, 9.17) is 29.9 Å². The minimum absolute atomic E-state index is 0.790. The van der Waals surface area contributed by atoms with Crippen molar-refractivity contribution in [3.63, 3.8) is 0 Å². The molecule has 9 rings (SSSR count). The van der Waals surface area contributed by atoms with Crippen LogP contribution in [0.1, 0.15) is 357 Å². The maximum atomic E-state index is 6.08. The number of nitrogens with zero attached hydrogens (tertiary/aromatic N) is 6. The largest absolute Gasteiger partial charge is 0.324 e. The van der Waals surface area contributed by atoms with E-state index in [0.29, 0.717) is 0 Å². The second-order valence-corrected chi connectivity index (χ2v) is 29.5. The molecule has 2 aliphatic rings. The van der Waals surface area contributed by atoms with Crippen molar-refractivity contribution in [1.82, 2.24) is 39.9 Å². The Bertz CT molecular complexity index is 3190. The molecule has 0 spiro atoms. The second kappa shape index (κ2) is 41.0. The molecule has 0 saturated heterocycles. The van der Waals surface area contributed by atoms with E-state index in [1.165, 1.54) is 294 Å². The van der Waals surface area contributed by atoms with Crippen molar-refractivity contribution in [3.05, 3.63) is 93.0 Å². The molecule has 96 heavy (non-hydrogen) atoms. The number of rotatable bonds is 48. The highest BCUT2D eigenvalue weighted by Gasteiger charge is 2.30. The summed E-state index contributed by atoms with van der Waals surface area (Å²) in [5.41, 5.74) is 19.1. The number of aromatic amines is 2. The fraction of sp³-hybridized carbons (Fsp3) is 0.636. The Morgan fingerprint density at radius 3 is 0.521 bits per heavy atom. The van der Waals surface area contributed by atoms with Crippen molar-refractivity contribution in [2.24, 2.45) is 0 Å². The minimum Gasteiger partial charge on any atom is -0.324 e. The van der Waals surface area contributed by atoms with Gasteiger partial charge < -0.3 is 9.97 Å². The molecule has 0 aliphatic carbocycles. The van der Waals surface area contributed by atoms with E-state index in [1.807, 2.05) is 0 Å². The van der Waals surface area contributed by atoms with Crippen molar-refractivity contribution in [2.45, 2.75) is 364 Å². The highest BCUT2D eigenvalue weighted by molar-refractivity contribution is 6.10. The topological polar surface area (TPSA) is 109 Å². The summed E-state index contributed by atoms with van der Waals surface area (Å²) in [6.07, 6.45) is 57.0. The zero-order valence-corrected chi connectivity index (χ0v) is 62.2. The molecular weight excluding hydrogens is 1170 g/mol. The van der Waals surface area contributed by atoms with Gasteiger partial charge in [-0.2, -0.15) is 0 Å². The van der Waals surface area contributed by atoms with Crippen LogP contribution in [0.15, 0.2) is 48.5 Å². The summed E-state index contributed by atoms with van der Waals surface area (Å²) in [7, 11) is 0. The summed E-state index contributed by atoms with van der Waals surface area (Å²) in [4.78, 5) is 44.4. The lowest BCUT2D eigenvalue weighted by Crippen LogP contribution is -1.98. The number of aryl methyl sites for hydroxylation is 8. The summed E-state index contributed by atoms with van der Waals surface area (Å²) < 4.78 is 0. The van der Waals surface area contributed by atoms with Crippen LogP contribution >= 0.6 is 0 Å². The smallest absolute Gasteiger partial charge is 0.165 e. The highest BCUT2D eigenvalue weighted by atomic mass is 15.1. The molecule has 522 valence electrons. The summed E-state index contributed by atoms with van der Waals surface area (Å²) in [5.74, 6) is 3.16. The Morgan fingerprint density at radius 2 is 0.344 bits per heavy atom. The van der Waals surface area contributed by atoms with Gasteiger partial charge in [-0.15, -0.1) is 0 Å². The van der Waals surface area contributed by atoms with E-state index in [1.54, 1.807) is 0 Å². The molecule has 2 N–H and O–H groups in total. The van der Waals surface area contributed by atoms with Crippen LogP contribution in [-0.4, -0.2) is 39.9 Å². The van der Waals surface area contributed by atoms with Crippen molar-refractivity contribution in [2.75, 3.05) is 0 Å². The lowest BCUT2D eigenvalue weighted by Gasteiger charge is -2.13. The van der Waals surface area contributed by atoms with Crippen molar-refractivity contribution in [1.29, 1.82) is 0 Å². The fourth-order valence-electron chi connectivity index (χ4n) is 15.9. The van der Waals surface area contributed by atoms with Gasteiger partial charge in [0.15, 0.2) is 23.3 Å². The van der Waals surface area contributed by atoms with Gasteiger partial charge in [-0.05, 0) is 147 Å². The molecule has 0 amide bonds. The maximum Gasteiger partial charge on any atom is 0.165 e. The van der Waals surface area contributed by atoms with Gasteiger partial charge in [0.1, 0.15) is 22.6 Å². The first-order chi connectivity index (χ1) is 47.4. The van der Waals surface area contributed by atoms with Crippen LogP contribution in [0.2, 0.25) is 0 Å². The molecule has 0 radical (unpaired) electrons. The molecule has 4 aromatic carbocycles. The van der Waals surface area contributed by atoms with Crippen LogP contribution in [0.3, 0.4) is 0 Å². The predicted octanol–water partition coefficient (Wildman–Crippen LogP) is 27.0. The molecule has 8 heteroatoms. The Kier molecular flexibility index (Phi) is 31.8. The third kappa shape index (κ3) is 20.2. The van der Waals surface area contributed by atoms with Crippen LogP contribution in [0.4, 0.5) is 0 Å². The van der Waals surface area contributed by atoms with E-state index < -0.39 is 0 Å². The minimum atomic E-state index is 0.790. The number of fused-ring (bicyclic) bond motifs is 20. The summed E-state index contributed by atoms with van der Waals surface area (Å²) in [6.45, 7) is 18.6. The van der Waals surface area contributed by atoms with Gasteiger partial charge in [-0.25, -0.2) is 29.9 Å². The van der Waals surface area contributed by atoms with Crippen LogP contribution in [0, 0.1) is 0 Å². The molecule has 8 bridgehead atoms. The Balaban J connectivity index is 1.45. The Labute approximate surface area is 583 Å². The van der Waals surface area contributed by atoms with Gasteiger partial charge in [0.05, 0.1) is 0 Å². The number of unbranched alkanes of at least 4 members (excludes halogenated alkanes) is 32. The average Bonchev–Trinajstić information content (AvgIpc) is 1.63. The van der Waals surface area contributed by atoms with Crippen molar-refractivity contribution < 1.29 is 0 Å². The van der Waals surface area contributed by atoms with Crippen LogP contribution in [0.25, 0.3) is 89.7 Å². The molecule has 8 nitrogen and oxygen atoms in total. The molecule has 0 atom stereocenters. The van der Waals surface area contributed by atoms with Gasteiger partial charge in [-0.3, -0.25) is 0 Å². The molecule has 3 aromatic heterocycles. The zero-order chi connectivity index (χ0) is 67.1. The maximum absolute atomic E-state index is 6.08. The van der Waals surface area contributed by atoms with E-state index in [2.05, 4.69) is 114 Å². The SMILES string of the molecule is CCCCCCCc1ccc(CCCCCCC)c2c1-c1nc-2nc2[nH]c(nc3nc(nc4[nH]c(n1)c1c(CCCCCCC)ccc(CCCCCCC)c41)-c1c(CCCCCCC)ccc(CCCCCCC)c1-3)c1c(CCCCCCC)ccc(CCCCCCC)c21. The number of benzene rings is 4. The van der Waals surface area contributed by atoms with E-state index in [-0.39, 0.29) is 0 Å². The zero-order valence-electron chi connectivity index (χ0n) is 62.2. The Hall–Kier alpha value is -5.76. The first-order valence-corrected chi connectivity index (χ1v) is 40.8. The van der Waals surface area contributed by atoms with Crippen LogP contribution < -0.4 is 0 Å². The molecule has 7 aromatic rings. The lowest BCUT2D eigenvalue weighted by molar-refractivity contribution is 0.630. The molecule has 0 fully saturated rings. The molecule has 2 aliphatic heterocycles. The normalized spacial score (nSPS) is 12.1. The number of hydrogen-bond donors (Lipinski definition) is 2. The van der Waals surface area contributed by atoms with Crippen molar-refractivity contribution in [3.8, 4) is 45.6 Å².